The van der Waals surface area contributed by atoms with Crippen LogP contribution in [0.4, 0.5) is 17.3 Å². The van der Waals surface area contributed by atoms with Crippen molar-refractivity contribution in [3.8, 4) is 22.5 Å². The Morgan fingerprint density at radius 3 is 1.58 bits per heavy atom. The third kappa shape index (κ3) is 6.40. The van der Waals surface area contributed by atoms with Crippen LogP contribution in [0.25, 0.3) is 22.5 Å². The number of pyridine rings is 2. The molecule has 0 spiro atoms. The minimum absolute atomic E-state index is 0.675. The molecule has 0 bridgehead atoms. The number of aromatic nitrogens is 3. The van der Waals surface area contributed by atoms with Gasteiger partial charge in [0, 0.05) is 29.8 Å². The summed E-state index contributed by atoms with van der Waals surface area (Å²) in [4.78, 5) is 12.5. The Hall–Kier alpha value is -5.81. The molecule has 5 nitrogen and oxygen atoms in total. The van der Waals surface area contributed by atoms with Gasteiger partial charge in [-0.2, -0.15) is 0 Å². The minimum atomic E-state index is 0.675. The summed E-state index contributed by atoms with van der Waals surface area (Å²) in [6.45, 7) is 1.98. The quantitative estimate of drug-likeness (QED) is 0.152. The van der Waals surface area contributed by atoms with Crippen LogP contribution in [0, 0.1) is 6.92 Å². The normalized spacial score (nSPS) is 12.6. The lowest BCUT2D eigenvalue weighted by Gasteiger charge is -2.24. The van der Waals surface area contributed by atoms with E-state index in [0.717, 1.165) is 58.7 Å². The Bertz CT molecular complexity index is 2050. The average molecular weight is 625 g/mol. The molecule has 0 saturated heterocycles. The standard InChI is InChI=1S/C43H36N4O/c1-30-42(43(48-46-30)37-26-24-36(25-27-37)35-22-20-34(21-23-35)33-18-19-33)47(40-16-8-14-38(44-40)28-31-10-4-2-5-11-31)41-17-9-15-39(45-41)29-32-12-6-3-7-13-32/h2-17,20-27,33H,18-19,28-29H2,1H3. The van der Waals surface area contributed by atoms with Gasteiger partial charge in [-0.3, -0.25) is 4.90 Å². The monoisotopic (exact) mass is 624 g/mol. The van der Waals surface area contributed by atoms with Gasteiger partial charge in [-0.15, -0.1) is 0 Å². The van der Waals surface area contributed by atoms with Gasteiger partial charge >= 0.3 is 0 Å². The van der Waals surface area contributed by atoms with Crippen molar-refractivity contribution in [1.82, 2.24) is 15.1 Å². The largest absolute Gasteiger partial charge is 0.354 e. The second kappa shape index (κ2) is 13.1. The first-order valence-corrected chi connectivity index (χ1v) is 16.6. The van der Waals surface area contributed by atoms with Crippen LogP contribution >= 0.6 is 0 Å². The molecule has 1 aliphatic rings. The number of rotatable bonds is 10. The summed E-state index contributed by atoms with van der Waals surface area (Å²) < 4.78 is 6.10. The maximum atomic E-state index is 6.10. The minimum Gasteiger partial charge on any atom is -0.354 e. The van der Waals surface area contributed by atoms with Gasteiger partial charge in [0.25, 0.3) is 0 Å². The lowest BCUT2D eigenvalue weighted by atomic mass is 10.00. The van der Waals surface area contributed by atoms with Crippen molar-refractivity contribution in [3.05, 3.63) is 179 Å². The van der Waals surface area contributed by atoms with Crippen molar-refractivity contribution in [3.63, 3.8) is 0 Å². The lowest BCUT2D eigenvalue weighted by molar-refractivity contribution is 0.427. The summed E-state index contributed by atoms with van der Waals surface area (Å²) in [5.74, 6) is 2.94. The van der Waals surface area contributed by atoms with Crippen molar-refractivity contribution < 1.29 is 4.52 Å². The first kappa shape index (κ1) is 29.6. The summed E-state index contributed by atoms with van der Waals surface area (Å²) in [7, 11) is 0. The maximum Gasteiger partial charge on any atom is 0.191 e. The highest BCUT2D eigenvalue weighted by Gasteiger charge is 2.27. The van der Waals surface area contributed by atoms with Gasteiger partial charge in [0.1, 0.15) is 23.0 Å². The molecular weight excluding hydrogens is 589 g/mol. The number of hydrogen-bond donors (Lipinski definition) is 0. The van der Waals surface area contributed by atoms with Crippen molar-refractivity contribution >= 4 is 17.3 Å². The van der Waals surface area contributed by atoms with Crippen molar-refractivity contribution in [2.24, 2.45) is 0 Å². The van der Waals surface area contributed by atoms with Crippen LogP contribution in [-0.2, 0) is 12.8 Å². The van der Waals surface area contributed by atoms with Crippen molar-refractivity contribution in [2.45, 2.75) is 38.5 Å². The maximum absolute atomic E-state index is 6.10. The average Bonchev–Trinajstić information content (AvgIpc) is 3.92. The van der Waals surface area contributed by atoms with Gasteiger partial charge in [0.05, 0.1) is 0 Å². The van der Waals surface area contributed by atoms with Gasteiger partial charge in [0.15, 0.2) is 5.76 Å². The number of hydrogen-bond acceptors (Lipinski definition) is 5. The van der Waals surface area contributed by atoms with E-state index in [-0.39, 0.29) is 0 Å². The van der Waals surface area contributed by atoms with Gasteiger partial charge < -0.3 is 4.52 Å². The van der Waals surface area contributed by atoms with E-state index < -0.39 is 0 Å². The topological polar surface area (TPSA) is 55.1 Å². The van der Waals surface area contributed by atoms with Gasteiger partial charge in [0.2, 0.25) is 0 Å². The number of benzene rings is 4. The van der Waals surface area contributed by atoms with E-state index in [1.807, 2.05) is 31.2 Å². The zero-order chi connectivity index (χ0) is 32.3. The zero-order valence-electron chi connectivity index (χ0n) is 27.0. The molecule has 1 fully saturated rings. The molecule has 48 heavy (non-hydrogen) atoms. The van der Waals surface area contributed by atoms with E-state index in [0.29, 0.717) is 5.76 Å². The molecule has 8 rings (SSSR count). The highest BCUT2D eigenvalue weighted by Crippen LogP contribution is 2.43. The molecule has 0 N–H and O–H groups in total. The summed E-state index contributed by atoms with van der Waals surface area (Å²) in [6.07, 6.45) is 4.07. The zero-order valence-corrected chi connectivity index (χ0v) is 27.0. The van der Waals surface area contributed by atoms with Crippen molar-refractivity contribution in [1.29, 1.82) is 0 Å². The Kier molecular flexibility index (Phi) is 8.09. The molecule has 3 heterocycles. The fourth-order valence-corrected chi connectivity index (χ4v) is 6.33. The second-order valence-corrected chi connectivity index (χ2v) is 12.6. The van der Waals surface area contributed by atoms with Crippen molar-refractivity contribution in [2.75, 3.05) is 4.90 Å². The molecule has 0 amide bonds. The highest BCUT2D eigenvalue weighted by atomic mass is 16.5. The van der Waals surface area contributed by atoms with E-state index in [1.165, 1.54) is 40.7 Å². The van der Waals surface area contributed by atoms with Crippen LogP contribution in [0.5, 0.6) is 0 Å². The first-order valence-electron chi connectivity index (χ1n) is 16.6. The molecule has 4 aromatic carbocycles. The van der Waals surface area contributed by atoms with Crippen LogP contribution in [0.3, 0.4) is 0 Å². The molecule has 3 aromatic heterocycles. The lowest BCUT2D eigenvalue weighted by Crippen LogP contribution is -2.16. The van der Waals surface area contributed by atoms with E-state index >= 15 is 0 Å². The molecule has 234 valence electrons. The predicted molar refractivity (Wildman–Crippen MR) is 193 cm³/mol. The molecule has 1 aliphatic carbocycles. The fourth-order valence-electron chi connectivity index (χ4n) is 6.33. The molecule has 0 unspecified atom stereocenters. The third-order valence-electron chi connectivity index (χ3n) is 8.99. The van der Waals surface area contributed by atoms with Crippen LogP contribution in [0.15, 0.2) is 150 Å². The summed E-state index contributed by atoms with van der Waals surface area (Å²) in [5.41, 5.74) is 10.7. The predicted octanol–water partition coefficient (Wildman–Crippen LogP) is 10.6. The Morgan fingerprint density at radius 1 is 0.562 bits per heavy atom. The van der Waals surface area contributed by atoms with Gasteiger partial charge in [-0.25, -0.2) is 9.97 Å². The molecule has 0 aliphatic heterocycles. The fraction of sp³-hybridized carbons (Fsp3) is 0.140. The summed E-state index contributed by atoms with van der Waals surface area (Å²) >= 11 is 0. The molecule has 1 saturated carbocycles. The van der Waals surface area contributed by atoms with E-state index in [4.69, 9.17) is 14.5 Å². The highest BCUT2D eigenvalue weighted by molar-refractivity contribution is 5.85. The number of nitrogens with zero attached hydrogens (tertiary/aromatic N) is 4. The molecule has 5 heteroatoms. The number of anilines is 3. The summed E-state index contributed by atoms with van der Waals surface area (Å²) in [5, 5.41) is 4.49. The smallest absolute Gasteiger partial charge is 0.191 e. The second-order valence-electron chi connectivity index (χ2n) is 12.6. The Morgan fingerprint density at radius 2 is 1.06 bits per heavy atom. The van der Waals surface area contributed by atoms with E-state index in [9.17, 15) is 0 Å². The van der Waals surface area contributed by atoms with Gasteiger partial charge in [-0.1, -0.05) is 126 Å². The first-order chi connectivity index (χ1) is 23.7. The summed E-state index contributed by atoms with van der Waals surface area (Å²) in [6, 6.07) is 50.8. The Labute approximate surface area is 281 Å². The van der Waals surface area contributed by atoms with Gasteiger partial charge in [-0.05, 0) is 77.8 Å². The third-order valence-corrected chi connectivity index (χ3v) is 8.99. The van der Waals surface area contributed by atoms with Crippen LogP contribution in [0.2, 0.25) is 0 Å². The molecule has 7 aromatic rings. The Balaban J connectivity index is 1.19. The van der Waals surface area contributed by atoms with Crippen LogP contribution in [0.1, 0.15) is 52.5 Å². The SMILES string of the molecule is Cc1noc(-c2ccc(-c3ccc(C4CC4)cc3)cc2)c1N(c1cccc(Cc2ccccc2)n1)c1cccc(Cc2ccccc2)n1. The molecular formula is C43H36N4O. The van der Waals surface area contributed by atoms with Crippen LogP contribution in [-0.4, -0.2) is 15.1 Å². The van der Waals surface area contributed by atoms with E-state index in [2.05, 4.69) is 131 Å². The molecule has 0 atom stereocenters. The van der Waals surface area contributed by atoms with Crippen LogP contribution < -0.4 is 4.90 Å². The molecule has 0 radical (unpaired) electrons. The number of aryl methyl sites for hydroxylation is 1. The van der Waals surface area contributed by atoms with E-state index in [1.54, 1.807) is 0 Å².